The molecule has 0 unspecified atom stereocenters. The molecule has 0 atom stereocenters. The Morgan fingerprint density at radius 3 is 2.42 bits per heavy atom. The zero-order valence-corrected chi connectivity index (χ0v) is 24.8. The Labute approximate surface area is 246 Å². The van der Waals surface area contributed by atoms with Crippen LogP contribution in [0.25, 0.3) is 6.08 Å². The number of carbonyl (C=O) groups excluding carboxylic acids is 2. The summed E-state index contributed by atoms with van der Waals surface area (Å²) in [6, 6.07) is 18.9. The third-order valence-electron chi connectivity index (χ3n) is 5.93. The topological polar surface area (TPSA) is 74.3 Å². The maximum absolute atomic E-state index is 13.1. The Hall–Kier alpha value is -3.69. The van der Waals surface area contributed by atoms with Crippen molar-refractivity contribution in [1.82, 2.24) is 4.90 Å². The van der Waals surface area contributed by atoms with Gasteiger partial charge in [-0.3, -0.25) is 14.5 Å². The first kappa shape index (κ1) is 29.3. The number of hydrogen-bond acceptors (Lipinski definition) is 7. The van der Waals surface area contributed by atoms with Gasteiger partial charge >= 0.3 is 0 Å². The molecule has 3 aromatic rings. The van der Waals surface area contributed by atoms with Gasteiger partial charge in [0.2, 0.25) is 0 Å². The number of allylic oxidation sites excluding steroid dienone is 1. The highest BCUT2D eigenvalue weighted by atomic mass is 79.9. The van der Waals surface area contributed by atoms with Gasteiger partial charge in [0, 0.05) is 10.0 Å². The SMILES string of the molecule is C=CCc1cc(/C=C2\SC(=O)N(CCOc3ccccc3OC)C2=O)cc(OCC)c1OCc1ccc(Br)cc1. The van der Waals surface area contributed by atoms with Crippen molar-refractivity contribution in [3.63, 3.8) is 0 Å². The van der Waals surface area contributed by atoms with Crippen molar-refractivity contribution < 1.29 is 28.5 Å². The second kappa shape index (κ2) is 14.1. The molecule has 0 radical (unpaired) electrons. The number of ether oxygens (including phenoxy) is 4. The molecule has 3 aromatic carbocycles. The average Bonchev–Trinajstić information content (AvgIpc) is 3.21. The monoisotopic (exact) mass is 623 g/mol. The van der Waals surface area contributed by atoms with Gasteiger partial charge in [-0.1, -0.05) is 46.3 Å². The molecular formula is C31H30BrNO6S. The number of carbonyl (C=O) groups is 2. The quantitative estimate of drug-likeness (QED) is 0.146. The van der Waals surface area contributed by atoms with Gasteiger partial charge in [0.15, 0.2) is 23.0 Å². The van der Waals surface area contributed by atoms with Crippen LogP contribution in [0, 0.1) is 0 Å². The number of methoxy groups -OCH3 is 1. The van der Waals surface area contributed by atoms with Crippen LogP contribution in [0.2, 0.25) is 0 Å². The van der Waals surface area contributed by atoms with Crippen LogP contribution < -0.4 is 18.9 Å². The first-order valence-corrected chi connectivity index (χ1v) is 14.3. The van der Waals surface area contributed by atoms with Gasteiger partial charge in [-0.05, 0) is 78.7 Å². The Bertz CT molecular complexity index is 1410. The minimum absolute atomic E-state index is 0.120. The lowest BCUT2D eigenvalue weighted by Crippen LogP contribution is -2.32. The molecule has 4 rings (SSSR count). The molecule has 1 fully saturated rings. The van der Waals surface area contributed by atoms with Crippen molar-refractivity contribution >= 4 is 44.9 Å². The molecule has 1 heterocycles. The van der Waals surface area contributed by atoms with Crippen LogP contribution in [0.5, 0.6) is 23.0 Å². The summed E-state index contributed by atoms with van der Waals surface area (Å²) in [6.07, 6.45) is 4.04. The van der Waals surface area contributed by atoms with Gasteiger partial charge in [0.25, 0.3) is 11.1 Å². The first-order valence-electron chi connectivity index (χ1n) is 12.7. The second-order valence-electron chi connectivity index (χ2n) is 8.68. The number of para-hydroxylation sites is 2. The Morgan fingerprint density at radius 2 is 1.73 bits per heavy atom. The van der Waals surface area contributed by atoms with E-state index in [4.69, 9.17) is 18.9 Å². The summed E-state index contributed by atoms with van der Waals surface area (Å²) in [6.45, 7) is 6.85. The molecule has 9 heteroatoms. The average molecular weight is 625 g/mol. The molecule has 208 valence electrons. The summed E-state index contributed by atoms with van der Waals surface area (Å²) in [5.41, 5.74) is 2.61. The molecule has 2 amide bonds. The van der Waals surface area contributed by atoms with E-state index in [1.807, 2.05) is 55.5 Å². The largest absolute Gasteiger partial charge is 0.493 e. The third kappa shape index (κ3) is 7.28. The minimum atomic E-state index is -0.363. The van der Waals surface area contributed by atoms with Crippen LogP contribution in [0.15, 0.2) is 82.7 Å². The fourth-order valence-electron chi connectivity index (χ4n) is 4.07. The van der Waals surface area contributed by atoms with E-state index in [1.165, 1.54) is 4.90 Å². The summed E-state index contributed by atoms with van der Waals surface area (Å²) in [7, 11) is 1.56. The second-order valence-corrected chi connectivity index (χ2v) is 10.6. The first-order chi connectivity index (χ1) is 19.4. The van der Waals surface area contributed by atoms with Gasteiger partial charge < -0.3 is 18.9 Å². The van der Waals surface area contributed by atoms with Crippen LogP contribution in [0.1, 0.15) is 23.6 Å². The molecular weight excluding hydrogens is 594 g/mol. The third-order valence-corrected chi connectivity index (χ3v) is 7.36. The summed E-state index contributed by atoms with van der Waals surface area (Å²) in [5, 5.41) is -0.342. The summed E-state index contributed by atoms with van der Waals surface area (Å²) in [5.74, 6) is 1.96. The van der Waals surface area contributed by atoms with Crippen molar-refractivity contribution in [2.45, 2.75) is 20.0 Å². The smallest absolute Gasteiger partial charge is 0.293 e. The molecule has 0 aliphatic carbocycles. The lowest BCUT2D eigenvalue weighted by molar-refractivity contribution is -0.123. The molecule has 0 N–H and O–H groups in total. The highest BCUT2D eigenvalue weighted by molar-refractivity contribution is 9.10. The molecule has 1 aliphatic heterocycles. The number of hydrogen-bond donors (Lipinski definition) is 0. The molecule has 1 saturated heterocycles. The minimum Gasteiger partial charge on any atom is -0.493 e. The van der Waals surface area contributed by atoms with Gasteiger partial charge in [-0.25, -0.2) is 0 Å². The molecule has 0 spiro atoms. The molecule has 0 saturated carbocycles. The van der Waals surface area contributed by atoms with Gasteiger partial charge in [0.05, 0.1) is 25.2 Å². The maximum Gasteiger partial charge on any atom is 0.293 e. The Balaban J connectivity index is 1.51. The molecule has 0 bridgehead atoms. The zero-order chi connectivity index (χ0) is 28.5. The van der Waals surface area contributed by atoms with E-state index >= 15 is 0 Å². The van der Waals surface area contributed by atoms with E-state index < -0.39 is 0 Å². The van der Waals surface area contributed by atoms with Crippen molar-refractivity contribution in [2.75, 3.05) is 26.9 Å². The Kier molecular flexibility index (Phi) is 10.3. The number of amides is 2. The van der Waals surface area contributed by atoms with Crippen LogP contribution in [-0.2, 0) is 17.8 Å². The maximum atomic E-state index is 13.1. The van der Waals surface area contributed by atoms with Gasteiger partial charge in [0.1, 0.15) is 13.2 Å². The number of halogens is 1. The normalized spacial score (nSPS) is 14.0. The number of thioether (sulfide) groups is 1. The number of rotatable bonds is 13. The van der Waals surface area contributed by atoms with Crippen molar-refractivity contribution in [2.24, 2.45) is 0 Å². The number of imide groups is 1. The predicted octanol–water partition coefficient (Wildman–Crippen LogP) is 7.28. The number of nitrogens with zero attached hydrogens (tertiary/aromatic N) is 1. The summed E-state index contributed by atoms with van der Waals surface area (Å²) < 4.78 is 24.2. The van der Waals surface area contributed by atoms with Crippen LogP contribution in [0.4, 0.5) is 4.79 Å². The summed E-state index contributed by atoms with van der Waals surface area (Å²) >= 11 is 4.35. The summed E-state index contributed by atoms with van der Waals surface area (Å²) in [4.78, 5) is 27.3. The molecule has 40 heavy (non-hydrogen) atoms. The predicted molar refractivity (Wildman–Crippen MR) is 161 cm³/mol. The molecule has 0 aromatic heterocycles. The van der Waals surface area contributed by atoms with Crippen molar-refractivity contribution in [1.29, 1.82) is 0 Å². The highest BCUT2D eigenvalue weighted by Gasteiger charge is 2.35. The van der Waals surface area contributed by atoms with Gasteiger partial charge in [-0.15, -0.1) is 6.58 Å². The standard InChI is InChI=1S/C31H30BrNO6S/c1-4-8-23-17-22(18-27(37-5-2)29(23)39-20-21-11-13-24(32)14-12-21)19-28-30(34)33(31(35)40-28)15-16-38-26-10-7-6-9-25(26)36-3/h4,6-7,9-14,17-19H,1,5,8,15-16,20H2,2-3H3/b28-19-. The van der Waals surface area contributed by atoms with Crippen LogP contribution >= 0.6 is 27.7 Å². The van der Waals surface area contributed by atoms with Crippen LogP contribution in [0.3, 0.4) is 0 Å². The Morgan fingerprint density at radius 1 is 0.975 bits per heavy atom. The van der Waals surface area contributed by atoms with E-state index in [9.17, 15) is 9.59 Å². The van der Waals surface area contributed by atoms with E-state index in [0.717, 1.165) is 32.9 Å². The van der Waals surface area contributed by atoms with E-state index in [-0.39, 0.29) is 24.3 Å². The fraction of sp³-hybridized carbons (Fsp3) is 0.226. The van der Waals surface area contributed by atoms with Crippen LogP contribution in [-0.4, -0.2) is 42.9 Å². The highest BCUT2D eigenvalue weighted by Crippen LogP contribution is 2.38. The fourth-order valence-corrected chi connectivity index (χ4v) is 5.20. The lowest BCUT2D eigenvalue weighted by Gasteiger charge is -2.17. The number of benzene rings is 3. The van der Waals surface area contributed by atoms with Gasteiger partial charge in [-0.2, -0.15) is 0 Å². The molecule has 7 nitrogen and oxygen atoms in total. The zero-order valence-electron chi connectivity index (χ0n) is 22.4. The van der Waals surface area contributed by atoms with Crippen molar-refractivity contribution in [3.8, 4) is 23.0 Å². The van der Waals surface area contributed by atoms with E-state index in [1.54, 1.807) is 31.4 Å². The van der Waals surface area contributed by atoms with Crippen molar-refractivity contribution in [3.05, 3.63) is 99.4 Å². The van der Waals surface area contributed by atoms with E-state index in [2.05, 4.69) is 22.5 Å². The lowest BCUT2D eigenvalue weighted by atomic mass is 10.0. The molecule has 1 aliphatic rings. The van der Waals surface area contributed by atoms with E-state index in [0.29, 0.717) is 47.5 Å².